The Balaban J connectivity index is 1.91. The van der Waals surface area contributed by atoms with Crippen LogP contribution in [0.15, 0.2) is 40.8 Å². The van der Waals surface area contributed by atoms with Gasteiger partial charge in [0.2, 0.25) is 5.91 Å². The summed E-state index contributed by atoms with van der Waals surface area (Å²) >= 11 is 0. The summed E-state index contributed by atoms with van der Waals surface area (Å²) in [6.07, 6.45) is 0.334. The first-order valence-corrected chi connectivity index (χ1v) is 6.35. The van der Waals surface area contributed by atoms with Crippen LogP contribution in [-0.4, -0.2) is 17.9 Å². The second-order valence-corrected chi connectivity index (χ2v) is 4.40. The number of nitrogens with one attached hydrogen (secondary N) is 2. The highest BCUT2D eigenvalue weighted by Gasteiger charge is 2.11. The SMILES string of the molecule is CNC(=O)Cc1ccc(NCc2ccc([N+](=O)[O-])o2)cc1. The van der Waals surface area contributed by atoms with Gasteiger partial charge in [-0.25, -0.2) is 0 Å². The van der Waals surface area contributed by atoms with Crippen LogP contribution in [-0.2, 0) is 17.8 Å². The van der Waals surface area contributed by atoms with E-state index < -0.39 is 4.92 Å². The lowest BCUT2D eigenvalue weighted by Gasteiger charge is -2.05. The molecule has 2 rings (SSSR count). The predicted molar refractivity (Wildman–Crippen MR) is 76.9 cm³/mol. The quantitative estimate of drug-likeness (QED) is 0.627. The number of nitrogens with zero attached hydrogens (tertiary/aromatic N) is 1. The zero-order valence-electron chi connectivity index (χ0n) is 11.5. The molecule has 1 aromatic carbocycles. The predicted octanol–water partition coefficient (Wildman–Crippen LogP) is 2.09. The van der Waals surface area contributed by atoms with Gasteiger partial charge in [-0.15, -0.1) is 0 Å². The number of anilines is 1. The molecule has 0 saturated carbocycles. The van der Waals surface area contributed by atoms with Crippen LogP contribution in [0.25, 0.3) is 0 Å². The van der Waals surface area contributed by atoms with Crippen LogP contribution in [0, 0.1) is 10.1 Å². The van der Waals surface area contributed by atoms with Gasteiger partial charge in [0.1, 0.15) is 10.7 Å². The smallest absolute Gasteiger partial charge is 0.404 e. The van der Waals surface area contributed by atoms with E-state index in [-0.39, 0.29) is 11.8 Å². The van der Waals surface area contributed by atoms with E-state index in [2.05, 4.69) is 10.6 Å². The van der Waals surface area contributed by atoms with E-state index in [9.17, 15) is 14.9 Å². The number of carbonyl (C=O) groups excluding carboxylic acids is 1. The van der Waals surface area contributed by atoms with Crippen molar-refractivity contribution >= 4 is 17.5 Å². The zero-order chi connectivity index (χ0) is 15.2. The van der Waals surface area contributed by atoms with Crippen LogP contribution >= 0.6 is 0 Å². The summed E-state index contributed by atoms with van der Waals surface area (Å²) in [5.74, 6) is 0.169. The molecule has 0 aliphatic heterocycles. The van der Waals surface area contributed by atoms with E-state index in [1.54, 1.807) is 13.1 Å². The highest BCUT2D eigenvalue weighted by atomic mass is 16.6. The Bertz CT molecular complexity index is 634. The molecule has 110 valence electrons. The van der Waals surface area contributed by atoms with Crippen molar-refractivity contribution in [3.8, 4) is 0 Å². The summed E-state index contributed by atoms with van der Waals surface area (Å²) in [6, 6.07) is 10.3. The summed E-state index contributed by atoms with van der Waals surface area (Å²) in [4.78, 5) is 21.2. The first kappa shape index (κ1) is 14.6. The molecule has 7 nitrogen and oxygen atoms in total. The Hall–Kier alpha value is -2.83. The molecule has 1 aromatic heterocycles. The van der Waals surface area contributed by atoms with Gasteiger partial charge in [0.25, 0.3) is 0 Å². The van der Waals surface area contributed by atoms with Gasteiger partial charge in [-0.1, -0.05) is 12.1 Å². The van der Waals surface area contributed by atoms with Gasteiger partial charge in [0.05, 0.1) is 19.0 Å². The van der Waals surface area contributed by atoms with E-state index >= 15 is 0 Å². The second-order valence-electron chi connectivity index (χ2n) is 4.40. The van der Waals surface area contributed by atoms with Gasteiger partial charge in [-0.3, -0.25) is 14.9 Å². The number of likely N-dealkylation sites (N-methyl/N-ethyl adjacent to an activating group) is 1. The lowest BCUT2D eigenvalue weighted by Crippen LogP contribution is -2.19. The van der Waals surface area contributed by atoms with E-state index in [0.29, 0.717) is 18.7 Å². The number of rotatable bonds is 6. The minimum atomic E-state index is -0.572. The average Bonchev–Trinajstić information content (AvgIpc) is 2.95. The third-order valence-electron chi connectivity index (χ3n) is 2.89. The maximum Gasteiger partial charge on any atom is 0.433 e. The Morgan fingerprint density at radius 3 is 2.52 bits per heavy atom. The van der Waals surface area contributed by atoms with Crippen LogP contribution in [0.4, 0.5) is 11.6 Å². The third kappa shape index (κ3) is 4.07. The van der Waals surface area contributed by atoms with Crippen molar-refractivity contribution in [3.63, 3.8) is 0 Å². The summed E-state index contributed by atoms with van der Waals surface area (Å²) in [6.45, 7) is 0.350. The second kappa shape index (κ2) is 6.56. The van der Waals surface area contributed by atoms with Crippen LogP contribution in [0.3, 0.4) is 0 Å². The Morgan fingerprint density at radius 1 is 1.24 bits per heavy atom. The van der Waals surface area contributed by atoms with Crippen molar-refractivity contribution in [2.45, 2.75) is 13.0 Å². The molecule has 0 atom stereocenters. The minimum Gasteiger partial charge on any atom is -0.404 e. The van der Waals surface area contributed by atoms with Crippen LogP contribution in [0.1, 0.15) is 11.3 Å². The Kier molecular flexibility index (Phi) is 4.55. The molecule has 0 aliphatic carbocycles. The Morgan fingerprint density at radius 2 is 1.95 bits per heavy atom. The summed E-state index contributed by atoms with van der Waals surface area (Å²) in [7, 11) is 1.60. The molecule has 1 amide bonds. The van der Waals surface area contributed by atoms with Crippen molar-refractivity contribution < 1.29 is 14.1 Å². The largest absolute Gasteiger partial charge is 0.433 e. The number of carbonyl (C=O) groups is 1. The standard InChI is InChI=1S/C14H15N3O4/c1-15-13(18)8-10-2-4-11(5-3-10)16-9-12-6-7-14(21-12)17(19)20/h2-7,16H,8-9H2,1H3,(H,15,18). The van der Waals surface area contributed by atoms with E-state index in [1.165, 1.54) is 6.07 Å². The fraction of sp³-hybridized carbons (Fsp3) is 0.214. The number of hydrogen-bond donors (Lipinski definition) is 2. The van der Waals surface area contributed by atoms with Crippen LogP contribution in [0.5, 0.6) is 0 Å². The molecule has 0 spiro atoms. The van der Waals surface area contributed by atoms with Crippen LogP contribution < -0.4 is 10.6 Å². The van der Waals surface area contributed by atoms with Crippen molar-refractivity contribution in [2.24, 2.45) is 0 Å². The average molecular weight is 289 g/mol. The van der Waals surface area contributed by atoms with Gasteiger partial charge in [-0.05, 0) is 23.8 Å². The lowest BCUT2D eigenvalue weighted by atomic mass is 10.1. The summed E-state index contributed by atoms with van der Waals surface area (Å²) in [5.41, 5.74) is 1.75. The fourth-order valence-electron chi connectivity index (χ4n) is 1.76. The van der Waals surface area contributed by atoms with Gasteiger partial charge >= 0.3 is 5.88 Å². The van der Waals surface area contributed by atoms with Gasteiger partial charge in [-0.2, -0.15) is 0 Å². The normalized spacial score (nSPS) is 10.1. The number of hydrogen-bond acceptors (Lipinski definition) is 5. The molecule has 0 radical (unpaired) electrons. The van der Waals surface area contributed by atoms with E-state index in [0.717, 1.165) is 11.3 Å². The summed E-state index contributed by atoms with van der Waals surface area (Å²) in [5, 5.41) is 16.2. The molecule has 2 aromatic rings. The molecular weight excluding hydrogens is 274 g/mol. The number of furan rings is 1. The third-order valence-corrected chi connectivity index (χ3v) is 2.89. The molecule has 0 saturated heterocycles. The fourth-order valence-corrected chi connectivity index (χ4v) is 1.76. The number of amides is 1. The molecule has 1 heterocycles. The van der Waals surface area contributed by atoms with Gasteiger partial charge < -0.3 is 15.1 Å². The monoisotopic (exact) mass is 289 g/mol. The number of nitro groups is 1. The lowest BCUT2D eigenvalue weighted by molar-refractivity contribution is -0.402. The summed E-state index contributed by atoms with van der Waals surface area (Å²) < 4.78 is 5.04. The van der Waals surface area contributed by atoms with Crippen molar-refractivity contribution in [2.75, 3.05) is 12.4 Å². The molecule has 0 fully saturated rings. The molecule has 0 aliphatic rings. The first-order valence-electron chi connectivity index (χ1n) is 6.35. The molecule has 2 N–H and O–H groups in total. The zero-order valence-corrected chi connectivity index (χ0v) is 11.5. The Labute approximate surface area is 121 Å². The van der Waals surface area contributed by atoms with Crippen molar-refractivity contribution in [1.29, 1.82) is 0 Å². The van der Waals surface area contributed by atoms with E-state index in [1.807, 2.05) is 24.3 Å². The molecule has 7 heteroatoms. The number of benzene rings is 1. The maximum absolute atomic E-state index is 11.2. The van der Waals surface area contributed by atoms with Gasteiger partial charge in [0, 0.05) is 12.7 Å². The van der Waals surface area contributed by atoms with Crippen molar-refractivity contribution in [1.82, 2.24) is 5.32 Å². The van der Waals surface area contributed by atoms with Crippen molar-refractivity contribution in [3.05, 3.63) is 57.8 Å². The van der Waals surface area contributed by atoms with Crippen LogP contribution in [0.2, 0.25) is 0 Å². The molecular formula is C14H15N3O4. The first-order chi connectivity index (χ1) is 10.1. The maximum atomic E-state index is 11.2. The molecule has 0 unspecified atom stereocenters. The van der Waals surface area contributed by atoms with Gasteiger partial charge in [0.15, 0.2) is 0 Å². The highest BCUT2D eigenvalue weighted by Crippen LogP contribution is 2.17. The highest BCUT2D eigenvalue weighted by molar-refractivity contribution is 5.78. The minimum absolute atomic E-state index is 0.0430. The van der Waals surface area contributed by atoms with E-state index in [4.69, 9.17) is 4.42 Å². The molecule has 21 heavy (non-hydrogen) atoms. The molecule has 0 bridgehead atoms. The topological polar surface area (TPSA) is 97.4 Å².